The first-order valence-electron chi connectivity index (χ1n) is 11.1. The number of benzene rings is 1. The molecule has 0 bridgehead atoms. The maximum atomic E-state index is 5.82. The van der Waals surface area contributed by atoms with Gasteiger partial charge >= 0.3 is 0 Å². The van der Waals surface area contributed by atoms with E-state index in [4.69, 9.17) is 4.74 Å². The molecule has 174 valence electrons. The fourth-order valence-electron chi connectivity index (χ4n) is 3.92. The van der Waals surface area contributed by atoms with Crippen molar-refractivity contribution in [3.8, 4) is 0 Å². The summed E-state index contributed by atoms with van der Waals surface area (Å²) in [5.41, 5.74) is 1.14. The molecule has 1 aliphatic heterocycles. The number of anilines is 1. The molecule has 6 nitrogen and oxygen atoms in total. The largest absolute Gasteiger partial charge is 0.372 e. The minimum absolute atomic E-state index is 0. The molecule has 0 radical (unpaired) electrons. The number of hydrogen-bond donors (Lipinski definition) is 2. The number of pyridine rings is 1. The van der Waals surface area contributed by atoms with Crippen LogP contribution in [-0.2, 0) is 11.3 Å². The van der Waals surface area contributed by atoms with Crippen molar-refractivity contribution < 1.29 is 4.74 Å². The monoisotopic (exact) mass is 567 g/mol. The highest BCUT2D eigenvalue weighted by Gasteiger charge is 2.43. The lowest BCUT2D eigenvalue weighted by Crippen LogP contribution is -2.45. The normalized spacial score (nSPS) is 22.1. The van der Waals surface area contributed by atoms with Crippen LogP contribution in [0.4, 0.5) is 5.82 Å². The lowest BCUT2D eigenvalue weighted by Gasteiger charge is -2.36. The van der Waals surface area contributed by atoms with Gasteiger partial charge in [-0.05, 0) is 50.5 Å². The number of morpholine rings is 1. The molecular formula is C24H34IN5OS. The third-order valence-corrected chi connectivity index (χ3v) is 7.19. The molecule has 32 heavy (non-hydrogen) atoms. The third kappa shape index (κ3) is 6.99. The fourth-order valence-corrected chi connectivity index (χ4v) is 5.16. The molecule has 8 heteroatoms. The Balaban J connectivity index is 0.00000289. The number of nitrogens with one attached hydrogen (secondary N) is 2. The highest BCUT2D eigenvalue weighted by molar-refractivity contribution is 14.0. The number of ether oxygens (including phenoxy) is 1. The van der Waals surface area contributed by atoms with Crippen LogP contribution in [-0.4, -0.2) is 54.6 Å². The number of aliphatic imine (C=N–C) groups is 1. The Morgan fingerprint density at radius 1 is 1.12 bits per heavy atom. The second kappa shape index (κ2) is 11.6. The number of hydrogen-bond acceptors (Lipinski definition) is 5. The van der Waals surface area contributed by atoms with Crippen molar-refractivity contribution in [3.05, 3.63) is 54.2 Å². The van der Waals surface area contributed by atoms with Crippen LogP contribution in [0.5, 0.6) is 0 Å². The van der Waals surface area contributed by atoms with Crippen LogP contribution in [0.1, 0.15) is 32.3 Å². The summed E-state index contributed by atoms with van der Waals surface area (Å²) in [6.45, 7) is 7.61. The number of guanidine groups is 1. The highest BCUT2D eigenvalue weighted by Crippen LogP contribution is 2.51. The van der Waals surface area contributed by atoms with Gasteiger partial charge in [0.1, 0.15) is 5.82 Å². The van der Waals surface area contributed by atoms with Crippen LogP contribution in [0, 0.1) is 0 Å². The van der Waals surface area contributed by atoms with E-state index in [1.54, 1.807) is 0 Å². The fraction of sp³-hybridized carbons (Fsp3) is 0.500. The van der Waals surface area contributed by atoms with Crippen molar-refractivity contribution in [2.45, 2.75) is 55.1 Å². The maximum Gasteiger partial charge on any atom is 0.191 e. The molecule has 1 aromatic heterocycles. The first-order chi connectivity index (χ1) is 15.0. The molecule has 2 heterocycles. The lowest BCUT2D eigenvalue weighted by molar-refractivity contribution is -0.00545. The molecule has 2 aliphatic rings. The summed E-state index contributed by atoms with van der Waals surface area (Å²) in [7, 11) is 1.82. The van der Waals surface area contributed by atoms with Crippen molar-refractivity contribution in [1.29, 1.82) is 0 Å². The van der Waals surface area contributed by atoms with Crippen molar-refractivity contribution in [2.75, 3.05) is 31.6 Å². The van der Waals surface area contributed by atoms with Crippen LogP contribution in [0.2, 0.25) is 0 Å². The van der Waals surface area contributed by atoms with E-state index < -0.39 is 0 Å². The number of halogens is 1. The summed E-state index contributed by atoms with van der Waals surface area (Å²) in [4.78, 5) is 12.7. The topological polar surface area (TPSA) is 61.8 Å². The zero-order chi connectivity index (χ0) is 21.7. The Labute approximate surface area is 213 Å². The number of rotatable bonds is 7. The third-order valence-electron chi connectivity index (χ3n) is 5.70. The lowest BCUT2D eigenvalue weighted by atomic mass is 10.2. The minimum Gasteiger partial charge on any atom is -0.372 e. The molecule has 0 amide bonds. The van der Waals surface area contributed by atoms with Crippen LogP contribution in [0.3, 0.4) is 0 Å². The summed E-state index contributed by atoms with van der Waals surface area (Å²) in [5.74, 6) is 1.85. The van der Waals surface area contributed by atoms with Gasteiger partial charge in [0.25, 0.3) is 0 Å². The van der Waals surface area contributed by atoms with E-state index in [0.29, 0.717) is 6.54 Å². The highest BCUT2D eigenvalue weighted by atomic mass is 127. The van der Waals surface area contributed by atoms with Crippen molar-refractivity contribution in [3.63, 3.8) is 0 Å². The predicted octanol–water partition coefficient (Wildman–Crippen LogP) is 4.30. The molecule has 2 atom stereocenters. The Bertz CT molecular complexity index is 866. The Morgan fingerprint density at radius 3 is 2.44 bits per heavy atom. The maximum absolute atomic E-state index is 5.82. The molecule has 4 rings (SSSR count). The van der Waals surface area contributed by atoms with Crippen molar-refractivity contribution in [1.82, 2.24) is 15.6 Å². The molecule has 1 saturated heterocycles. The SMILES string of the molecule is CN=C(NCc1ccc(N2CC(C)OC(C)C2)nc1)NCC1(Sc2ccccc2)CC1.I. The Hall–Kier alpha value is -1.52. The molecule has 1 saturated carbocycles. The second-order valence-corrected chi connectivity index (χ2v) is 10.1. The van der Waals surface area contributed by atoms with Gasteiger partial charge in [0, 0.05) is 49.1 Å². The average Bonchev–Trinajstić information content (AvgIpc) is 3.54. The van der Waals surface area contributed by atoms with Gasteiger partial charge < -0.3 is 20.3 Å². The molecule has 1 aromatic carbocycles. The van der Waals surface area contributed by atoms with Gasteiger partial charge in [-0.25, -0.2) is 4.98 Å². The summed E-state index contributed by atoms with van der Waals surface area (Å²) < 4.78 is 6.11. The van der Waals surface area contributed by atoms with E-state index in [0.717, 1.165) is 37.0 Å². The molecule has 2 fully saturated rings. The van der Waals surface area contributed by atoms with Gasteiger partial charge in [-0.2, -0.15) is 0 Å². The molecular weight excluding hydrogens is 533 g/mol. The zero-order valence-corrected chi connectivity index (χ0v) is 22.2. The minimum atomic E-state index is 0. The van der Waals surface area contributed by atoms with Crippen LogP contribution in [0.15, 0.2) is 58.5 Å². The van der Waals surface area contributed by atoms with E-state index >= 15 is 0 Å². The van der Waals surface area contributed by atoms with E-state index in [1.807, 2.05) is 25.0 Å². The van der Waals surface area contributed by atoms with Gasteiger partial charge in [0.05, 0.1) is 12.2 Å². The standard InChI is InChI=1S/C24H33N5OS.HI/c1-18-15-29(16-19(2)30-18)22-10-9-20(13-26-22)14-27-23(25-3)28-17-24(11-12-24)31-21-7-5-4-6-8-21;/h4-10,13,18-19H,11-12,14-17H2,1-3H3,(H2,25,27,28);1H. The molecule has 2 unspecified atom stereocenters. The van der Waals surface area contributed by atoms with Crippen LogP contribution in [0.25, 0.3) is 0 Å². The second-order valence-electron chi connectivity index (χ2n) is 8.56. The summed E-state index contributed by atoms with van der Waals surface area (Å²) in [6.07, 6.45) is 4.89. The van der Waals surface area contributed by atoms with Gasteiger partial charge in [0.2, 0.25) is 0 Å². The smallest absolute Gasteiger partial charge is 0.191 e. The number of thioether (sulfide) groups is 1. The van der Waals surface area contributed by atoms with Gasteiger partial charge in [-0.1, -0.05) is 24.3 Å². The molecule has 2 N–H and O–H groups in total. The number of nitrogens with zero attached hydrogens (tertiary/aromatic N) is 3. The summed E-state index contributed by atoms with van der Waals surface area (Å²) in [6, 6.07) is 14.9. The predicted molar refractivity (Wildman–Crippen MR) is 144 cm³/mol. The van der Waals surface area contributed by atoms with Gasteiger partial charge in [-0.15, -0.1) is 35.7 Å². The summed E-state index contributed by atoms with van der Waals surface area (Å²) >= 11 is 1.97. The Morgan fingerprint density at radius 2 is 1.84 bits per heavy atom. The zero-order valence-electron chi connectivity index (χ0n) is 19.1. The summed E-state index contributed by atoms with van der Waals surface area (Å²) in [5, 5.41) is 6.93. The number of aromatic nitrogens is 1. The van der Waals surface area contributed by atoms with Crippen LogP contribution < -0.4 is 15.5 Å². The van der Waals surface area contributed by atoms with Gasteiger partial charge in [-0.3, -0.25) is 4.99 Å². The quantitative estimate of drug-likeness (QED) is 0.296. The first kappa shape index (κ1) is 25.1. The van der Waals surface area contributed by atoms with E-state index in [-0.39, 0.29) is 40.9 Å². The average molecular weight is 568 g/mol. The first-order valence-corrected chi connectivity index (χ1v) is 11.9. The molecule has 0 spiro atoms. The van der Waals surface area contributed by atoms with E-state index in [2.05, 4.69) is 81.8 Å². The van der Waals surface area contributed by atoms with Gasteiger partial charge in [0.15, 0.2) is 5.96 Å². The van der Waals surface area contributed by atoms with Crippen LogP contribution >= 0.6 is 35.7 Å². The van der Waals surface area contributed by atoms with Crippen molar-refractivity contribution in [2.24, 2.45) is 4.99 Å². The van der Waals surface area contributed by atoms with E-state index in [9.17, 15) is 0 Å². The van der Waals surface area contributed by atoms with Crippen molar-refractivity contribution >= 4 is 47.5 Å². The molecule has 2 aromatic rings. The Kier molecular flexibility index (Phi) is 9.07. The molecule has 1 aliphatic carbocycles. The van der Waals surface area contributed by atoms with E-state index in [1.165, 1.54) is 17.7 Å².